The summed E-state index contributed by atoms with van der Waals surface area (Å²) in [7, 11) is 1.55. The molecule has 1 amide bonds. The van der Waals surface area contributed by atoms with Gasteiger partial charge < -0.3 is 19.8 Å². The van der Waals surface area contributed by atoms with Gasteiger partial charge in [0.1, 0.15) is 13.2 Å². The Kier molecular flexibility index (Phi) is 55.6. The molecule has 76 heavy (non-hydrogen) atoms. The summed E-state index contributed by atoms with van der Waals surface area (Å²) in [5, 5.41) is 14.0. The van der Waals surface area contributed by atoms with Crippen LogP contribution in [0.15, 0.2) is 85.1 Å². The fraction of sp³-hybridized carbons (Fsp3) is 0.776. The number of nitrogens with zero attached hydrogens (tertiary/aromatic N) is 1. The monoisotopic (exact) mass is 1080 g/mol. The number of phosphoric acid groups is 1. The van der Waals surface area contributed by atoms with Crippen LogP contribution in [0.4, 0.5) is 0 Å². The third-order valence-electron chi connectivity index (χ3n) is 14.1. The standard InChI is InChI=1S/C67H123N2O6P/c1-6-8-10-12-14-16-18-20-22-24-26-28-30-32-34-36-38-40-42-44-46-48-50-52-54-56-58-60-66(70)65(64-75-76(72,73)74-63-62-69(3,4)5)68-67(71)61-59-57-55-53-51-49-47-45-43-41-39-37-35-33-31-29-27-25-23-21-19-17-15-13-11-9-7-2/h9,11,15,17,21,23,27,29,33,35,50,52,58,60,65-66,70H,6-8,10,12-14,16,18-20,22,24-26,28,30-32,34,36-49,51,53-57,59,61-64H2,1-5H3,(H-,68,71,72,73)/p+1/b11-9-,17-15-,23-21-,29-27-,35-33-,52-50+,60-58+. The van der Waals surface area contributed by atoms with Crippen molar-refractivity contribution in [2.24, 2.45) is 0 Å². The molecule has 0 rings (SSSR count). The van der Waals surface area contributed by atoms with Crippen molar-refractivity contribution in [2.45, 2.75) is 296 Å². The largest absolute Gasteiger partial charge is 0.472 e. The van der Waals surface area contributed by atoms with Gasteiger partial charge in [0.15, 0.2) is 0 Å². The first-order valence-corrected chi connectivity index (χ1v) is 33.5. The van der Waals surface area contributed by atoms with Gasteiger partial charge in [-0.2, -0.15) is 0 Å². The van der Waals surface area contributed by atoms with Gasteiger partial charge in [0.05, 0.1) is 39.9 Å². The van der Waals surface area contributed by atoms with Crippen molar-refractivity contribution < 1.29 is 32.9 Å². The quantitative estimate of drug-likeness (QED) is 0.0243. The first-order valence-electron chi connectivity index (χ1n) is 32.0. The molecule has 3 N–H and O–H groups in total. The number of unbranched alkanes of at least 4 members (excludes halogenated alkanes) is 33. The van der Waals surface area contributed by atoms with Crippen LogP contribution in [0.1, 0.15) is 284 Å². The van der Waals surface area contributed by atoms with Crippen molar-refractivity contribution in [1.29, 1.82) is 0 Å². The van der Waals surface area contributed by atoms with Crippen LogP contribution in [-0.4, -0.2) is 73.4 Å². The van der Waals surface area contributed by atoms with Crippen molar-refractivity contribution >= 4 is 13.7 Å². The van der Waals surface area contributed by atoms with Gasteiger partial charge in [0.2, 0.25) is 5.91 Å². The Balaban J connectivity index is 4.20. The highest BCUT2D eigenvalue weighted by molar-refractivity contribution is 7.47. The summed E-state index contributed by atoms with van der Waals surface area (Å²) in [4.78, 5) is 23.4. The number of nitrogens with one attached hydrogen (secondary N) is 1. The zero-order chi connectivity index (χ0) is 55.6. The van der Waals surface area contributed by atoms with E-state index in [-0.39, 0.29) is 19.1 Å². The molecule has 0 spiro atoms. The van der Waals surface area contributed by atoms with E-state index in [1.165, 1.54) is 193 Å². The van der Waals surface area contributed by atoms with E-state index in [4.69, 9.17) is 9.05 Å². The molecule has 3 unspecified atom stereocenters. The molecule has 0 saturated heterocycles. The lowest BCUT2D eigenvalue weighted by Gasteiger charge is -2.25. The highest BCUT2D eigenvalue weighted by Gasteiger charge is 2.27. The average Bonchev–Trinajstić information content (AvgIpc) is 3.38. The lowest BCUT2D eigenvalue weighted by atomic mass is 10.0. The van der Waals surface area contributed by atoms with E-state index in [2.05, 4.69) is 92.1 Å². The fourth-order valence-electron chi connectivity index (χ4n) is 9.15. The molecule has 0 radical (unpaired) electrons. The molecule has 0 aromatic rings. The Morgan fingerprint density at radius 3 is 1.21 bits per heavy atom. The molecule has 0 aliphatic carbocycles. The third-order valence-corrected chi connectivity index (χ3v) is 15.1. The second-order valence-corrected chi connectivity index (χ2v) is 24.2. The zero-order valence-corrected chi connectivity index (χ0v) is 51.4. The average molecular weight is 1080 g/mol. The molecule has 0 heterocycles. The van der Waals surface area contributed by atoms with Crippen LogP contribution in [0.3, 0.4) is 0 Å². The van der Waals surface area contributed by atoms with Gasteiger partial charge in [-0.25, -0.2) is 4.57 Å². The van der Waals surface area contributed by atoms with Crippen LogP contribution in [0.2, 0.25) is 0 Å². The number of quaternary nitrogens is 1. The molecule has 3 atom stereocenters. The number of hydrogen-bond donors (Lipinski definition) is 3. The van der Waals surface area contributed by atoms with Crippen molar-refractivity contribution in [3.8, 4) is 0 Å². The molecular formula is C67H124N2O6P+. The van der Waals surface area contributed by atoms with Crippen molar-refractivity contribution in [1.82, 2.24) is 5.32 Å². The minimum atomic E-state index is -4.37. The maximum atomic E-state index is 13.0. The number of phosphoric ester groups is 1. The molecule has 0 aliphatic rings. The SMILES string of the molecule is CC/C=C\C/C=C\C/C=C\C/C=C\C/C=C\CCCCCCCCCCCCCC(=O)NC(COP(=O)(O)OCC[N+](C)(C)C)C(O)/C=C/CC/C=C/CCCCCCCCCCCCCCCCCCCCCCC. The first-order chi connectivity index (χ1) is 37.0. The van der Waals surface area contributed by atoms with E-state index in [0.717, 1.165) is 70.6 Å². The molecule has 9 heteroatoms. The molecule has 0 aliphatic heterocycles. The molecular weight excluding hydrogens is 960 g/mol. The highest BCUT2D eigenvalue weighted by atomic mass is 31.2. The lowest BCUT2D eigenvalue weighted by molar-refractivity contribution is -0.870. The summed E-state index contributed by atoms with van der Waals surface area (Å²) < 4.78 is 23.8. The number of hydrogen-bond acceptors (Lipinski definition) is 5. The van der Waals surface area contributed by atoms with E-state index in [0.29, 0.717) is 17.4 Å². The summed E-state index contributed by atoms with van der Waals surface area (Å²) in [6, 6.07) is -0.871. The highest BCUT2D eigenvalue weighted by Crippen LogP contribution is 2.43. The minimum absolute atomic E-state index is 0.0524. The maximum Gasteiger partial charge on any atom is 0.472 e. The minimum Gasteiger partial charge on any atom is -0.387 e. The second kappa shape index (κ2) is 57.4. The van der Waals surface area contributed by atoms with Crippen LogP contribution < -0.4 is 5.32 Å². The number of rotatable bonds is 58. The van der Waals surface area contributed by atoms with E-state index in [9.17, 15) is 19.4 Å². The van der Waals surface area contributed by atoms with Gasteiger partial charge in [-0.1, -0.05) is 285 Å². The van der Waals surface area contributed by atoms with Gasteiger partial charge >= 0.3 is 7.82 Å². The number of allylic oxidation sites excluding steroid dienone is 13. The molecule has 0 fully saturated rings. The summed E-state index contributed by atoms with van der Waals surface area (Å²) in [6.07, 6.45) is 81.4. The van der Waals surface area contributed by atoms with Gasteiger partial charge in [-0.3, -0.25) is 13.8 Å². The van der Waals surface area contributed by atoms with Crippen LogP contribution in [0.25, 0.3) is 0 Å². The van der Waals surface area contributed by atoms with Gasteiger partial charge in [0, 0.05) is 6.42 Å². The van der Waals surface area contributed by atoms with Crippen LogP contribution in [0.5, 0.6) is 0 Å². The predicted octanol–water partition coefficient (Wildman–Crippen LogP) is 20.0. The Morgan fingerprint density at radius 1 is 0.461 bits per heavy atom. The van der Waals surface area contributed by atoms with E-state index in [1.807, 2.05) is 27.2 Å². The predicted molar refractivity (Wildman–Crippen MR) is 332 cm³/mol. The summed E-state index contributed by atoms with van der Waals surface area (Å²) in [6.45, 7) is 4.70. The summed E-state index contributed by atoms with van der Waals surface area (Å²) >= 11 is 0. The summed E-state index contributed by atoms with van der Waals surface area (Å²) in [5.41, 5.74) is 0. The first kappa shape index (κ1) is 73.7. The molecule has 0 saturated carbocycles. The number of likely N-dealkylation sites (N-methyl/N-ethyl adjacent to an activating group) is 1. The number of carbonyl (C=O) groups excluding carboxylic acids is 1. The Hall–Kier alpha value is -2.32. The topological polar surface area (TPSA) is 105 Å². The van der Waals surface area contributed by atoms with Crippen LogP contribution in [0, 0.1) is 0 Å². The zero-order valence-electron chi connectivity index (χ0n) is 50.5. The smallest absolute Gasteiger partial charge is 0.387 e. The third kappa shape index (κ3) is 59.3. The second-order valence-electron chi connectivity index (χ2n) is 22.7. The summed E-state index contributed by atoms with van der Waals surface area (Å²) in [5.74, 6) is -0.190. The van der Waals surface area contributed by atoms with Gasteiger partial charge in [-0.05, 0) is 77.0 Å². The Labute approximate surface area is 471 Å². The number of carbonyl (C=O) groups is 1. The van der Waals surface area contributed by atoms with Crippen LogP contribution >= 0.6 is 7.82 Å². The van der Waals surface area contributed by atoms with Gasteiger partial charge in [0.25, 0.3) is 0 Å². The lowest BCUT2D eigenvalue weighted by Crippen LogP contribution is -2.45. The van der Waals surface area contributed by atoms with E-state index < -0.39 is 20.0 Å². The van der Waals surface area contributed by atoms with Crippen molar-refractivity contribution in [2.75, 3.05) is 40.9 Å². The van der Waals surface area contributed by atoms with E-state index in [1.54, 1.807) is 6.08 Å². The van der Waals surface area contributed by atoms with Crippen molar-refractivity contribution in [3.63, 3.8) is 0 Å². The number of aliphatic hydroxyl groups is 1. The molecule has 0 bridgehead atoms. The Bertz CT molecular complexity index is 1510. The number of aliphatic hydroxyl groups excluding tert-OH is 1. The van der Waals surface area contributed by atoms with Crippen LogP contribution in [-0.2, 0) is 18.4 Å². The Morgan fingerprint density at radius 2 is 0.803 bits per heavy atom. The van der Waals surface area contributed by atoms with Crippen molar-refractivity contribution in [3.05, 3.63) is 85.1 Å². The number of amides is 1. The molecule has 0 aromatic carbocycles. The fourth-order valence-corrected chi connectivity index (χ4v) is 9.88. The van der Waals surface area contributed by atoms with Gasteiger partial charge in [-0.15, -0.1) is 0 Å². The normalized spacial score (nSPS) is 14.4. The molecule has 0 aromatic heterocycles. The molecule has 8 nitrogen and oxygen atoms in total. The maximum absolute atomic E-state index is 13.0. The van der Waals surface area contributed by atoms with E-state index >= 15 is 0 Å². The molecule has 442 valence electrons.